The smallest absolute Gasteiger partial charge is 1.00 e. The molecule has 2 N–H and O–H groups in total. The number of rotatable bonds is 0. The van der Waals surface area contributed by atoms with Gasteiger partial charge < -0.3 is 7.75 Å². The van der Waals surface area contributed by atoms with E-state index < -0.39 is 0 Å². The molecule has 1 rings (SSSR count). The van der Waals surface area contributed by atoms with Crippen molar-refractivity contribution in [1.29, 1.82) is 5.41 Å². The summed E-state index contributed by atoms with van der Waals surface area (Å²) in [6.07, 6.45) is 0. The molecule has 0 saturated carbocycles. The molecule has 48 valence electrons. The van der Waals surface area contributed by atoms with E-state index in [1.165, 1.54) is 0 Å². The van der Waals surface area contributed by atoms with Gasteiger partial charge in [0.2, 0.25) is 5.91 Å². The molecule has 1 fully saturated rings. The van der Waals surface area contributed by atoms with Gasteiger partial charge in [0.25, 0.3) is 0 Å². The molecular weight excluding hydrogens is 146 g/mol. The van der Waals surface area contributed by atoms with Gasteiger partial charge in [-0.15, -0.1) is 0 Å². The first kappa shape index (κ1) is 9.20. The van der Waals surface area contributed by atoms with E-state index in [4.69, 9.17) is 5.41 Å². The largest absolute Gasteiger partial charge is 2.00 e. The maximum atomic E-state index is 10.4. The summed E-state index contributed by atoms with van der Waals surface area (Å²) in [5.74, 6) is 0.0903. The summed E-state index contributed by atoms with van der Waals surface area (Å²) in [5, 5.41) is 9.32. The zero-order valence-electron chi connectivity index (χ0n) is 7.27. The molecule has 0 aromatic carbocycles. The van der Waals surface area contributed by atoms with E-state index in [0.717, 1.165) is 0 Å². The number of hydrogen-bond donors (Lipinski definition) is 2. The van der Waals surface area contributed by atoms with E-state index in [9.17, 15) is 4.79 Å². The second-order valence-corrected chi connectivity index (χ2v) is 1.75. The van der Waals surface area contributed by atoms with Crippen molar-refractivity contribution in [3.05, 3.63) is 0 Å². The Bertz CT molecular complexity index is 154. The van der Waals surface area contributed by atoms with Crippen LogP contribution in [0.1, 0.15) is 2.85 Å². The standard InChI is InChI=1S/C4H7N3O.Ca.2H/c1-7-2-3(8)6-4(7)5;;;/h2H2,1H3,(H2,5,6,8);;;/q;+2;2*-1. The summed E-state index contributed by atoms with van der Waals surface area (Å²) in [7, 11) is 1.69. The predicted octanol–water partition coefficient (Wildman–Crippen LogP) is -1.17. The molecule has 0 atom stereocenters. The minimum atomic E-state index is -0.0995. The Balaban J connectivity index is -0.000000213. The van der Waals surface area contributed by atoms with Crippen LogP contribution < -0.4 is 5.32 Å². The number of guanidine groups is 1. The number of nitrogens with one attached hydrogen (secondary N) is 2. The molecule has 0 radical (unpaired) electrons. The molecule has 0 spiro atoms. The maximum absolute atomic E-state index is 10.4. The van der Waals surface area contributed by atoms with E-state index in [0.29, 0.717) is 6.54 Å². The van der Waals surface area contributed by atoms with Crippen molar-refractivity contribution < 1.29 is 7.65 Å². The topological polar surface area (TPSA) is 56.2 Å². The van der Waals surface area contributed by atoms with Crippen LogP contribution in [0.4, 0.5) is 0 Å². The molecular formula is C4H9CaN3O. The fourth-order valence-corrected chi connectivity index (χ4v) is 0.561. The Morgan fingerprint density at radius 2 is 2.44 bits per heavy atom. The number of amides is 1. The van der Waals surface area contributed by atoms with Crippen molar-refractivity contribution in [2.45, 2.75) is 0 Å². The van der Waals surface area contributed by atoms with Gasteiger partial charge in [0.15, 0.2) is 5.96 Å². The van der Waals surface area contributed by atoms with Gasteiger partial charge >= 0.3 is 37.7 Å². The second-order valence-electron chi connectivity index (χ2n) is 1.75. The average molecular weight is 155 g/mol. The van der Waals surface area contributed by atoms with Crippen LogP contribution in [0.15, 0.2) is 0 Å². The van der Waals surface area contributed by atoms with E-state index in [-0.39, 0.29) is 52.5 Å². The molecule has 0 aromatic heterocycles. The van der Waals surface area contributed by atoms with Gasteiger partial charge in [-0.05, 0) is 0 Å². The van der Waals surface area contributed by atoms with Crippen molar-refractivity contribution >= 4 is 49.6 Å². The molecule has 1 aliphatic rings. The summed E-state index contributed by atoms with van der Waals surface area (Å²) < 4.78 is 0. The minimum Gasteiger partial charge on any atom is -1.00 e. The van der Waals surface area contributed by atoms with Crippen LogP contribution in [0.3, 0.4) is 0 Å². The third-order valence-corrected chi connectivity index (χ3v) is 1.02. The molecule has 4 nitrogen and oxygen atoms in total. The van der Waals surface area contributed by atoms with E-state index >= 15 is 0 Å². The summed E-state index contributed by atoms with van der Waals surface area (Å²) >= 11 is 0. The van der Waals surface area contributed by atoms with Crippen LogP contribution in [0, 0.1) is 5.41 Å². The monoisotopic (exact) mass is 155 g/mol. The molecule has 9 heavy (non-hydrogen) atoms. The summed E-state index contributed by atoms with van der Waals surface area (Å²) in [6.45, 7) is 0.318. The van der Waals surface area contributed by atoms with Gasteiger partial charge in [-0.2, -0.15) is 0 Å². The van der Waals surface area contributed by atoms with Crippen molar-refractivity contribution in [3.63, 3.8) is 0 Å². The van der Waals surface area contributed by atoms with Gasteiger partial charge in [-0.25, -0.2) is 0 Å². The molecule has 5 heteroatoms. The number of nitrogens with zero attached hydrogens (tertiary/aromatic N) is 1. The minimum absolute atomic E-state index is 0. The van der Waals surface area contributed by atoms with Gasteiger partial charge in [0.05, 0.1) is 6.54 Å². The van der Waals surface area contributed by atoms with Gasteiger partial charge in [-0.3, -0.25) is 15.5 Å². The van der Waals surface area contributed by atoms with Crippen molar-refractivity contribution in [3.8, 4) is 0 Å². The molecule has 0 bridgehead atoms. The van der Waals surface area contributed by atoms with Crippen LogP contribution in [-0.4, -0.2) is 68.1 Å². The third kappa shape index (κ3) is 2.12. The van der Waals surface area contributed by atoms with Crippen LogP contribution >= 0.6 is 0 Å². The number of hydrogen-bond acceptors (Lipinski definition) is 2. The normalized spacial score (nSPS) is 17.2. The summed E-state index contributed by atoms with van der Waals surface area (Å²) in [4.78, 5) is 11.9. The summed E-state index contributed by atoms with van der Waals surface area (Å²) in [5.41, 5.74) is 0. The molecule has 1 saturated heterocycles. The van der Waals surface area contributed by atoms with Crippen molar-refractivity contribution in [2.75, 3.05) is 13.6 Å². The predicted molar refractivity (Wildman–Crippen MR) is 36.5 cm³/mol. The first-order chi connectivity index (χ1) is 3.70. The molecule has 0 unspecified atom stereocenters. The Morgan fingerprint density at radius 3 is 2.56 bits per heavy atom. The Kier molecular flexibility index (Phi) is 3.46. The SMILES string of the molecule is CN1CC(=O)NC1=N.[Ca+2].[H-].[H-]. The quantitative estimate of drug-likeness (QED) is 0.433. The van der Waals surface area contributed by atoms with E-state index in [2.05, 4.69) is 5.32 Å². The van der Waals surface area contributed by atoms with Crippen LogP contribution in [-0.2, 0) is 4.79 Å². The zero-order chi connectivity index (χ0) is 6.15. The second kappa shape index (κ2) is 3.39. The Labute approximate surface area is 86.1 Å². The molecule has 1 amide bonds. The third-order valence-electron chi connectivity index (χ3n) is 1.02. The number of carbonyl (C=O) groups excluding carboxylic acids is 1. The average Bonchev–Trinajstić information content (AvgIpc) is 1.85. The fourth-order valence-electron chi connectivity index (χ4n) is 0.561. The van der Waals surface area contributed by atoms with Crippen LogP contribution in [0.5, 0.6) is 0 Å². The fraction of sp³-hybridized carbons (Fsp3) is 0.500. The molecule has 1 aliphatic heterocycles. The molecule has 0 aliphatic carbocycles. The van der Waals surface area contributed by atoms with Gasteiger partial charge in [0.1, 0.15) is 0 Å². The number of likely N-dealkylation sites (N-methyl/N-ethyl adjacent to an activating group) is 1. The van der Waals surface area contributed by atoms with E-state index in [1.54, 1.807) is 11.9 Å². The van der Waals surface area contributed by atoms with E-state index in [1.807, 2.05) is 0 Å². The summed E-state index contributed by atoms with van der Waals surface area (Å²) in [6, 6.07) is 0. The Morgan fingerprint density at radius 1 is 1.89 bits per heavy atom. The maximum Gasteiger partial charge on any atom is 2.00 e. The van der Waals surface area contributed by atoms with Crippen LogP contribution in [0.25, 0.3) is 0 Å². The molecule has 1 heterocycles. The van der Waals surface area contributed by atoms with Crippen LogP contribution in [0.2, 0.25) is 0 Å². The van der Waals surface area contributed by atoms with Gasteiger partial charge in [0, 0.05) is 7.05 Å². The van der Waals surface area contributed by atoms with Crippen molar-refractivity contribution in [1.82, 2.24) is 10.2 Å². The first-order valence-corrected chi connectivity index (χ1v) is 2.29. The Hall–Kier alpha value is 0.200. The van der Waals surface area contributed by atoms with Crippen molar-refractivity contribution in [2.24, 2.45) is 0 Å². The zero-order valence-corrected chi connectivity index (χ0v) is 7.48. The first-order valence-electron chi connectivity index (χ1n) is 2.29. The molecule has 0 aromatic rings. The number of carbonyl (C=O) groups is 1. The van der Waals surface area contributed by atoms with Gasteiger partial charge in [-0.1, -0.05) is 0 Å².